The zero-order valence-corrected chi connectivity index (χ0v) is 16.7. The lowest BCUT2D eigenvalue weighted by molar-refractivity contribution is 0.102. The molecule has 3 aromatic rings. The van der Waals surface area contributed by atoms with Crippen LogP contribution in [0.1, 0.15) is 23.2 Å². The Hall–Kier alpha value is -2.99. The van der Waals surface area contributed by atoms with Crippen LogP contribution < -0.4 is 15.0 Å². The Morgan fingerprint density at radius 3 is 2.52 bits per heavy atom. The number of rotatable bonds is 5. The third kappa shape index (κ3) is 3.80. The molecule has 2 heterocycles. The zero-order valence-electron chi connectivity index (χ0n) is 16.0. The van der Waals surface area contributed by atoms with Gasteiger partial charge >= 0.3 is 0 Å². The summed E-state index contributed by atoms with van der Waals surface area (Å²) in [6, 6.07) is 11.8. The van der Waals surface area contributed by atoms with Gasteiger partial charge in [0.1, 0.15) is 17.3 Å². The summed E-state index contributed by atoms with van der Waals surface area (Å²) in [5, 5.41) is 3.12. The molecule has 0 atom stereocenters. The van der Waals surface area contributed by atoms with Gasteiger partial charge in [-0.2, -0.15) is 0 Å². The highest BCUT2D eigenvalue weighted by Gasteiger charge is 2.22. The Balaban J connectivity index is 1.68. The quantitative estimate of drug-likeness (QED) is 0.630. The second-order valence-electron chi connectivity index (χ2n) is 6.88. The lowest BCUT2D eigenvalue weighted by Crippen LogP contribution is -2.22. The van der Waals surface area contributed by atoms with Crippen LogP contribution in [-0.4, -0.2) is 30.7 Å². The lowest BCUT2D eigenvalue weighted by Gasteiger charge is -2.22. The van der Waals surface area contributed by atoms with Gasteiger partial charge in [-0.3, -0.25) is 4.79 Å². The number of halogens is 2. The van der Waals surface area contributed by atoms with Gasteiger partial charge in [-0.05, 0) is 43.2 Å². The van der Waals surface area contributed by atoms with Gasteiger partial charge in [0, 0.05) is 31.5 Å². The molecule has 0 bridgehead atoms. The minimum absolute atomic E-state index is 0.173. The van der Waals surface area contributed by atoms with Crippen molar-refractivity contribution in [1.82, 2.24) is 4.57 Å². The average molecular weight is 414 g/mol. The summed E-state index contributed by atoms with van der Waals surface area (Å²) in [5.41, 5.74) is 1.79. The number of nitrogens with zero attached hydrogens (tertiary/aromatic N) is 2. The van der Waals surface area contributed by atoms with Crippen LogP contribution in [0.5, 0.6) is 5.75 Å². The number of carbonyl (C=O) groups excluding carboxylic acids is 1. The van der Waals surface area contributed by atoms with Crippen LogP contribution in [0.2, 0.25) is 5.02 Å². The van der Waals surface area contributed by atoms with E-state index in [-0.39, 0.29) is 11.3 Å². The molecule has 29 heavy (non-hydrogen) atoms. The normalized spacial score (nSPS) is 13.6. The number of benzene rings is 2. The first-order valence-corrected chi connectivity index (χ1v) is 9.82. The van der Waals surface area contributed by atoms with Crippen LogP contribution in [0.4, 0.5) is 15.8 Å². The van der Waals surface area contributed by atoms with Gasteiger partial charge in [-0.25, -0.2) is 4.39 Å². The molecule has 1 aliphatic rings. The van der Waals surface area contributed by atoms with Crippen molar-refractivity contribution >= 4 is 28.9 Å². The van der Waals surface area contributed by atoms with Crippen molar-refractivity contribution < 1.29 is 13.9 Å². The summed E-state index contributed by atoms with van der Waals surface area (Å²) in [7, 11) is 1.48. The first-order valence-electron chi connectivity index (χ1n) is 9.44. The second-order valence-corrected chi connectivity index (χ2v) is 7.28. The summed E-state index contributed by atoms with van der Waals surface area (Å²) in [5.74, 6) is -0.597. The molecule has 1 N–H and O–H groups in total. The molecule has 7 heteroatoms. The fourth-order valence-electron chi connectivity index (χ4n) is 3.62. The molecule has 5 nitrogen and oxygen atoms in total. The molecule has 0 unspecified atom stereocenters. The van der Waals surface area contributed by atoms with Gasteiger partial charge in [0.15, 0.2) is 0 Å². The maximum atomic E-state index is 14.6. The molecule has 1 amide bonds. The first-order chi connectivity index (χ1) is 14.1. The Bertz CT molecular complexity index is 1030. The van der Waals surface area contributed by atoms with Crippen molar-refractivity contribution in [2.24, 2.45) is 0 Å². The number of amides is 1. The van der Waals surface area contributed by atoms with Gasteiger partial charge in [0.25, 0.3) is 5.91 Å². The molecular formula is C22H21ClFN3O2. The SMILES string of the molecule is COc1cc(-n2cccc2)c(Cl)cc1C(=O)Nc1c(F)cccc1N1CCCC1. The minimum Gasteiger partial charge on any atom is -0.496 e. The highest BCUT2D eigenvalue weighted by atomic mass is 35.5. The van der Waals surface area contributed by atoms with Crippen molar-refractivity contribution in [2.45, 2.75) is 12.8 Å². The predicted octanol–water partition coefficient (Wildman–Crippen LogP) is 5.13. The van der Waals surface area contributed by atoms with Crippen LogP contribution in [0.3, 0.4) is 0 Å². The Morgan fingerprint density at radius 2 is 1.83 bits per heavy atom. The summed E-state index contributed by atoms with van der Waals surface area (Å²) in [6.07, 6.45) is 5.80. The van der Waals surface area contributed by atoms with Gasteiger partial charge in [0.05, 0.1) is 29.1 Å². The van der Waals surface area contributed by atoms with Crippen LogP contribution >= 0.6 is 11.6 Å². The maximum absolute atomic E-state index is 14.6. The maximum Gasteiger partial charge on any atom is 0.259 e. The van der Waals surface area contributed by atoms with E-state index in [1.807, 2.05) is 35.2 Å². The van der Waals surface area contributed by atoms with Crippen molar-refractivity contribution in [1.29, 1.82) is 0 Å². The molecule has 0 radical (unpaired) electrons. The fraction of sp³-hybridized carbons (Fsp3) is 0.227. The Labute approximate surface area is 173 Å². The molecule has 1 aliphatic heterocycles. The van der Waals surface area contributed by atoms with E-state index in [0.29, 0.717) is 22.1 Å². The van der Waals surface area contributed by atoms with Crippen LogP contribution in [0.15, 0.2) is 54.9 Å². The highest BCUT2D eigenvalue weighted by Crippen LogP contribution is 2.34. The van der Waals surface area contributed by atoms with Crippen LogP contribution in [0.25, 0.3) is 5.69 Å². The molecule has 1 saturated heterocycles. The number of anilines is 2. The second kappa shape index (κ2) is 8.17. The Kier molecular flexibility index (Phi) is 5.45. The molecule has 0 spiro atoms. The number of carbonyl (C=O) groups is 1. The largest absolute Gasteiger partial charge is 0.496 e. The monoisotopic (exact) mass is 413 g/mol. The molecule has 1 fully saturated rings. The lowest BCUT2D eigenvalue weighted by atomic mass is 10.1. The Morgan fingerprint density at radius 1 is 1.10 bits per heavy atom. The summed E-state index contributed by atoms with van der Waals surface area (Å²) < 4.78 is 21.8. The van der Waals surface area contributed by atoms with Crippen LogP contribution in [-0.2, 0) is 0 Å². The molecule has 2 aromatic carbocycles. The van der Waals surface area contributed by atoms with E-state index in [1.165, 1.54) is 13.2 Å². The topological polar surface area (TPSA) is 46.5 Å². The van der Waals surface area contributed by atoms with Gasteiger partial charge in [-0.1, -0.05) is 17.7 Å². The molecular weight excluding hydrogens is 393 g/mol. The zero-order chi connectivity index (χ0) is 20.4. The number of para-hydroxylation sites is 1. The average Bonchev–Trinajstić information content (AvgIpc) is 3.43. The predicted molar refractivity (Wildman–Crippen MR) is 113 cm³/mol. The van der Waals surface area contributed by atoms with E-state index in [2.05, 4.69) is 10.2 Å². The number of methoxy groups -OCH3 is 1. The van der Waals surface area contributed by atoms with Crippen LogP contribution in [0, 0.1) is 5.82 Å². The van der Waals surface area contributed by atoms with E-state index in [0.717, 1.165) is 25.9 Å². The van der Waals surface area contributed by atoms with E-state index in [4.69, 9.17) is 16.3 Å². The van der Waals surface area contributed by atoms with E-state index < -0.39 is 11.7 Å². The highest BCUT2D eigenvalue weighted by molar-refractivity contribution is 6.33. The molecule has 0 saturated carbocycles. The number of hydrogen-bond acceptors (Lipinski definition) is 3. The van der Waals surface area contributed by atoms with Crippen molar-refractivity contribution in [2.75, 3.05) is 30.4 Å². The number of ether oxygens (including phenoxy) is 1. The third-order valence-corrected chi connectivity index (χ3v) is 5.38. The summed E-state index contributed by atoms with van der Waals surface area (Å²) in [4.78, 5) is 15.1. The molecule has 4 rings (SSSR count). The van der Waals surface area contributed by atoms with Gasteiger partial charge < -0.3 is 19.5 Å². The molecule has 1 aromatic heterocycles. The third-order valence-electron chi connectivity index (χ3n) is 5.07. The smallest absolute Gasteiger partial charge is 0.259 e. The van der Waals surface area contributed by atoms with Crippen molar-refractivity contribution in [3.63, 3.8) is 0 Å². The van der Waals surface area contributed by atoms with E-state index >= 15 is 0 Å². The number of aromatic nitrogens is 1. The number of nitrogens with one attached hydrogen (secondary N) is 1. The first kappa shape index (κ1) is 19.3. The fourth-order valence-corrected chi connectivity index (χ4v) is 3.88. The minimum atomic E-state index is -0.478. The standard InChI is InChI=1S/C22H21ClFN3O2/c1-29-20-14-19(27-11-4-5-12-27)16(23)13-15(20)22(28)25-21-17(24)7-6-8-18(21)26-9-2-3-10-26/h4-8,11-14H,2-3,9-10H2,1H3,(H,25,28). The number of hydrogen-bond donors (Lipinski definition) is 1. The van der Waals surface area contributed by atoms with E-state index in [1.54, 1.807) is 18.2 Å². The van der Waals surface area contributed by atoms with Gasteiger partial charge in [0.2, 0.25) is 0 Å². The van der Waals surface area contributed by atoms with E-state index in [9.17, 15) is 9.18 Å². The van der Waals surface area contributed by atoms with Crippen molar-refractivity contribution in [3.8, 4) is 11.4 Å². The molecule has 150 valence electrons. The van der Waals surface area contributed by atoms with Gasteiger partial charge in [-0.15, -0.1) is 0 Å². The summed E-state index contributed by atoms with van der Waals surface area (Å²) in [6.45, 7) is 1.68. The molecule has 0 aliphatic carbocycles. The summed E-state index contributed by atoms with van der Waals surface area (Å²) >= 11 is 6.42. The van der Waals surface area contributed by atoms with Crippen molar-refractivity contribution in [3.05, 3.63) is 71.3 Å².